The Kier molecular flexibility index (Phi) is 4.94. The molecule has 1 heterocycles. The molecule has 0 bridgehead atoms. The maximum absolute atomic E-state index is 12.5. The first-order valence-corrected chi connectivity index (χ1v) is 8.10. The van der Waals surface area contributed by atoms with Gasteiger partial charge in [0.1, 0.15) is 16.8 Å². The Morgan fingerprint density at radius 3 is 2.54 bits per heavy atom. The molecule has 0 radical (unpaired) electrons. The number of esters is 1. The molecule has 130 valence electrons. The van der Waals surface area contributed by atoms with Gasteiger partial charge in [0.05, 0.1) is 7.11 Å². The molecule has 0 spiro atoms. The number of carbonyl (C=O) groups excluding carboxylic acids is 1. The summed E-state index contributed by atoms with van der Waals surface area (Å²) in [7, 11) is -5.01. The molecule has 0 saturated carbocycles. The highest BCUT2D eigenvalue weighted by Crippen LogP contribution is 2.33. The zero-order valence-electron chi connectivity index (χ0n) is 11.6. The third-order valence-corrected chi connectivity index (χ3v) is 3.92. The molecule has 1 aromatic carbocycles. The molecule has 0 atom stereocenters. The van der Waals surface area contributed by atoms with Crippen molar-refractivity contribution >= 4 is 27.4 Å². The first kappa shape index (κ1) is 17.9. The first-order valence-electron chi connectivity index (χ1n) is 5.81. The standard InChI is InChI=1S/C11H7F3N2O6S2/c1-20-9(17)7-3-2-6(21-10-16-15-5-23-10)4-8(7)22-24(18,19)11(12,13)14/h2-5H,1H3. The summed E-state index contributed by atoms with van der Waals surface area (Å²) < 4.78 is 73.2. The van der Waals surface area contributed by atoms with Crippen molar-refractivity contribution < 1.29 is 40.0 Å². The molecule has 13 heteroatoms. The van der Waals surface area contributed by atoms with Crippen LogP contribution in [0.5, 0.6) is 16.7 Å². The second kappa shape index (κ2) is 6.60. The van der Waals surface area contributed by atoms with E-state index in [0.29, 0.717) is 0 Å². The van der Waals surface area contributed by atoms with E-state index in [1.807, 2.05) is 0 Å². The Hall–Kier alpha value is -2.41. The third kappa shape index (κ3) is 3.91. The van der Waals surface area contributed by atoms with Crippen molar-refractivity contribution in [3.63, 3.8) is 0 Å². The molecule has 0 N–H and O–H groups in total. The summed E-state index contributed by atoms with van der Waals surface area (Å²) in [4.78, 5) is 11.6. The summed E-state index contributed by atoms with van der Waals surface area (Å²) in [6.45, 7) is 0. The lowest BCUT2D eigenvalue weighted by atomic mass is 10.2. The predicted molar refractivity (Wildman–Crippen MR) is 73.4 cm³/mol. The summed E-state index contributed by atoms with van der Waals surface area (Å²) in [5.41, 5.74) is -4.87. The molecule has 0 saturated heterocycles. The van der Waals surface area contributed by atoms with Gasteiger partial charge in [-0.3, -0.25) is 0 Å². The minimum atomic E-state index is -5.98. The van der Waals surface area contributed by atoms with Crippen LogP contribution < -0.4 is 8.92 Å². The molecule has 24 heavy (non-hydrogen) atoms. The van der Waals surface area contributed by atoms with E-state index in [0.717, 1.165) is 30.6 Å². The van der Waals surface area contributed by atoms with Crippen LogP contribution in [0.15, 0.2) is 23.7 Å². The molecular formula is C11H7F3N2O6S2. The Morgan fingerprint density at radius 1 is 1.29 bits per heavy atom. The summed E-state index contributed by atoms with van der Waals surface area (Å²) in [5.74, 6) is -2.11. The molecule has 2 rings (SSSR count). The molecule has 1 aromatic heterocycles. The number of carbonyl (C=O) groups is 1. The number of hydrogen-bond donors (Lipinski definition) is 0. The highest BCUT2D eigenvalue weighted by atomic mass is 32.2. The van der Waals surface area contributed by atoms with E-state index < -0.39 is 32.9 Å². The largest absolute Gasteiger partial charge is 0.534 e. The number of methoxy groups -OCH3 is 1. The number of halogens is 3. The zero-order valence-corrected chi connectivity index (χ0v) is 13.2. The topological polar surface area (TPSA) is 105 Å². The quantitative estimate of drug-likeness (QED) is 0.439. The van der Waals surface area contributed by atoms with E-state index in [4.69, 9.17) is 4.74 Å². The van der Waals surface area contributed by atoms with Gasteiger partial charge in [-0.2, -0.15) is 21.6 Å². The highest BCUT2D eigenvalue weighted by Gasteiger charge is 2.49. The lowest BCUT2D eigenvalue weighted by Crippen LogP contribution is -2.28. The Morgan fingerprint density at radius 2 is 2.00 bits per heavy atom. The van der Waals surface area contributed by atoms with Crippen molar-refractivity contribution in [2.45, 2.75) is 5.51 Å². The maximum Gasteiger partial charge on any atom is 0.534 e. The fourth-order valence-corrected chi connectivity index (χ4v) is 2.28. The Labute approximate surface area is 136 Å². The minimum absolute atomic E-state index is 0.0467. The average molecular weight is 384 g/mol. The van der Waals surface area contributed by atoms with Crippen LogP contribution in [0.4, 0.5) is 13.2 Å². The number of ether oxygens (including phenoxy) is 2. The van der Waals surface area contributed by atoms with E-state index in [1.165, 1.54) is 11.6 Å². The van der Waals surface area contributed by atoms with Crippen molar-refractivity contribution in [2.24, 2.45) is 0 Å². The lowest BCUT2D eigenvalue weighted by molar-refractivity contribution is -0.0500. The van der Waals surface area contributed by atoms with Crippen molar-refractivity contribution in [3.05, 3.63) is 29.3 Å². The molecule has 0 aliphatic rings. The Balaban J connectivity index is 2.43. The van der Waals surface area contributed by atoms with Crippen molar-refractivity contribution in [2.75, 3.05) is 7.11 Å². The van der Waals surface area contributed by atoms with Crippen LogP contribution in [0.25, 0.3) is 0 Å². The molecule has 8 nitrogen and oxygen atoms in total. The number of hydrogen-bond acceptors (Lipinski definition) is 9. The van der Waals surface area contributed by atoms with Crippen LogP contribution in [0.1, 0.15) is 10.4 Å². The smallest absolute Gasteiger partial charge is 0.465 e. The van der Waals surface area contributed by atoms with E-state index in [-0.39, 0.29) is 10.9 Å². The Bertz CT molecular complexity index is 836. The van der Waals surface area contributed by atoms with Gasteiger partial charge in [-0.25, -0.2) is 4.79 Å². The predicted octanol–water partition coefficient (Wildman–Crippen LogP) is 2.35. The summed E-state index contributed by atoms with van der Waals surface area (Å²) >= 11 is 0.981. The first-order chi connectivity index (χ1) is 11.1. The van der Waals surface area contributed by atoms with Gasteiger partial charge in [-0.15, -0.1) is 5.10 Å². The maximum atomic E-state index is 12.5. The van der Waals surface area contributed by atoms with Crippen LogP contribution in [0.3, 0.4) is 0 Å². The van der Waals surface area contributed by atoms with Crippen LogP contribution in [-0.2, 0) is 14.9 Å². The number of nitrogens with zero attached hydrogens (tertiary/aromatic N) is 2. The van der Waals surface area contributed by atoms with E-state index in [9.17, 15) is 26.4 Å². The van der Waals surface area contributed by atoms with Crippen molar-refractivity contribution in [1.29, 1.82) is 0 Å². The van der Waals surface area contributed by atoms with Crippen molar-refractivity contribution in [3.8, 4) is 16.7 Å². The second-order valence-electron chi connectivity index (χ2n) is 3.94. The van der Waals surface area contributed by atoms with Crippen LogP contribution in [0.2, 0.25) is 0 Å². The minimum Gasteiger partial charge on any atom is -0.465 e. The highest BCUT2D eigenvalue weighted by molar-refractivity contribution is 7.88. The van der Waals surface area contributed by atoms with Crippen LogP contribution >= 0.6 is 11.3 Å². The average Bonchev–Trinajstić information content (AvgIpc) is 2.98. The normalized spacial score (nSPS) is 11.8. The second-order valence-corrected chi connectivity index (χ2v) is 6.27. The van der Waals surface area contributed by atoms with Crippen LogP contribution in [0, 0.1) is 0 Å². The van der Waals surface area contributed by atoms with Gasteiger partial charge >= 0.3 is 21.6 Å². The van der Waals surface area contributed by atoms with Gasteiger partial charge in [-0.1, -0.05) is 16.4 Å². The van der Waals surface area contributed by atoms with Gasteiger partial charge in [0.15, 0.2) is 5.75 Å². The van der Waals surface area contributed by atoms with E-state index in [1.54, 1.807) is 0 Å². The fraction of sp³-hybridized carbons (Fsp3) is 0.182. The number of rotatable bonds is 5. The van der Waals surface area contributed by atoms with Crippen LogP contribution in [-0.4, -0.2) is 37.2 Å². The van der Waals surface area contributed by atoms with Gasteiger partial charge < -0.3 is 13.7 Å². The van der Waals surface area contributed by atoms with Gasteiger partial charge in [-0.05, 0) is 12.1 Å². The molecule has 0 aliphatic carbocycles. The van der Waals surface area contributed by atoms with E-state index in [2.05, 4.69) is 19.1 Å². The summed E-state index contributed by atoms with van der Waals surface area (Å²) in [6.07, 6.45) is 0. The third-order valence-electron chi connectivity index (χ3n) is 2.39. The SMILES string of the molecule is COC(=O)c1ccc(Oc2nncs2)cc1OS(=O)(=O)C(F)(F)F. The van der Waals surface area contributed by atoms with E-state index >= 15 is 0 Å². The zero-order chi connectivity index (χ0) is 18.0. The lowest BCUT2D eigenvalue weighted by Gasteiger charge is -2.13. The molecule has 0 fully saturated rings. The summed E-state index contributed by atoms with van der Waals surface area (Å²) in [5, 5.41) is 7.08. The molecule has 2 aromatic rings. The molecular weight excluding hydrogens is 377 g/mol. The van der Waals surface area contributed by atoms with Gasteiger partial charge in [0.2, 0.25) is 0 Å². The fourth-order valence-electron chi connectivity index (χ4n) is 1.39. The van der Waals surface area contributed by atoms with Gasteiger partial charge in [0.25, 0.3) is 5.19 Å². The number of aromatic nitrogens is 2. The molecule has 0 aliphatic heterocycles. The van der Waals surface area contributed by atoms with Crippen molar-refractivity contribution in [1.82, 2.24) is 10.2 Å². The van der Waals surface area contributed by atoms with Gasteiger partial charge in [0, 0.05) is 6.07 Å². The molecule has 0 unspecified atom stereocenters. The monoisotopic (exact) mass is 384 g/mol. The number of benzene rings is 1. The summed E-state index contributed by atoms with van der Waals surface area (Å²) in [6, 6.07) is 2.97. The molecule has 0 amide bonds. The number of alkyl halides is 3.